The Labute approximate surface area is 152 Å². The van der Waals surface area contributed by atoms with E-state index in [1.165, 1.54) is 7.11 Å². The van der Waals surface area contributed by atoms with Crippen LogP contribution >= 0.6 is 12.2 Å². The summed E-state index contributed by atoms with van der Waals surface area (Å²) in [5.74, 6) is -0.777. The molecule has 6 heteroatoms. The molecule has 0 unspecified atom stereocenters. The van der Waals surface area contributed by atoms with Crippen LogP contribution in [-0.2, 0) is 16.0 Å². The van der Waals surface area contributed by atoms with Crippen LogP contribution in [0, 0.1) is 6.92 Å². The van der Waals surface area contributed by atoms with Gasteiger partial charge < -0.3 is 10.1 Å². The Hall–Kier alpha value is -2.73. The Morgan fingerprint density at radius 1 is 1.12 bits per heavy atom. The molecule has 0 aliphatic heterocycles. The molecule has 0 aliphatic rings. The lowest BCUT2D eigenvalue weighted by molar-refractivity contribution is -0.142. The van der Waals surface area contributed by atoms with Gasteiger partial charge in [0.1, 0.15) is 6.04 Å². The highest BCUT2D eigenvalue weighted by Gasteiger charge is 2.21. The topological polar surface area (TPSA) is 67.4 Å². The molecule has 0 fully saturated rings. The van der Waals surface area contributed by atoms with E-state index in [-0.39, 0.29) is 11.0 Å². The van der Waals surface area contributed by atoms with Crippen molar-refractivity contribution in [3.8, 4) is 0 Å². The number of ether oxygens (including phenoxy) is 1. The van der Waals surface area contributed by atoms with Crippen LogP contribution in [0.25, 0.3) is 0 Å². The third kappa shape index (κ3) is 5.69. The summed E-state index contributed by atoms with van der Waals surface area (Å²) in [6.07, 6.45) is 0.397. The van der Waals surface area contributed by atoms with Gasteiger partial charge in [0.2, 0.25) is 0 Å². The van der Waals surface area contributed by atoms with Gasteiger partial charge in [0.15, 0.2) is 5.11 Å². The third-order valence-electron chi connectivity index (χ3n) is 3.58. The van der Waals surface area contributed by atoms with E-state index in [4.69, 9.17) is 17.0 Å². The molecule has 2 aromatic rings. The van der Waals surface area contributed by atoms with Crippen molar-refractivity contribution in [1.29, 1.82) is 0 Å². The first kappa shape index (κ1) is 18.6. The highest BCUT2D eigenvalue weighted by atomic mass is 32.1. The standard InChI is InChI=1S/C19H20N2O3S/c1-13-7-6-10-15(11-13)17(22)21-19(25)20-16(18(23)24-2)12-14-8-4-3-5-9-14/h3-11,16H,12H2,1-2H3,(H2,20,21,22,25)/t16-/m0/s1. The number of hydrogen-bond donors (Lipinski definition) is 2. The van der Waals surface area contributed by atoms with Crippen LogP contribution in [0.2, 0.25) is 0 Å². The lowest BCUT2D eigenvalue weighted by atomic mass is 10.1. The highest BCUT2D eigenvalue weighted by Crippen LogP contribution is 2.06. The van der Waals surface area contributed by atoms with E-state index in [1.54, 1.807) is 18.2 Å². The number of hydrogen-bond acceptors (Lipinski definition) is 4. The Morgan fingerprint density at radius 2 is 1.84 bits per heavy atom. The van der Waals surface area contributed by atoms with Gasteiger partial charge >= 0.3 is 5.97 Å². The van der Waals surface area contributed by atoms with Gasteiger partial charge in [-0.3, -0.25) is 10.1 Å². The van der Waals surface area contributed by atoms with E-state index in [0.717, 1.165) is 11.1 Å². The summed E-state index contributed by atoms with van der Waals surface area (Å²) >= 11 is 5.17. The van der Waals surface area contributed by atoms with E-state index < -0.39 is 12.0 Å². The fraction of sp³-hybridized carbons (Fsp3) is 0.211. The molecule has 5 nitrogen and oxygen atoms in total. The van der Waals surface area contributed by atoms with E-state index in [1.807, 2.05) is 43.3 Å². The van der Waals surface area contributed by atoms with Gasteiger partial charge in [0, 0.05) is 12.0 Å². The summed E-state index contributed by atoms with van der Waals surface area (Å²) < 4.78 is 4.82. The van der Waals surface area contributed by atoms with Crippen LogP contribution in [0.15, 0.2) is 54.6 Å². The van der Waals surface area contributed by atoms with Gasteiger partial charge in [-0.05, 0) is 36.8 Å². The third-order valence-corrected chi connectivity index (χ3v) is 3.80. The Balaban J connectivity index is 2.01. The predicted octanol–water partition coefficient (Wildman–Crippen LogP) is 2.38. The van der Waals surface area contributed by atoms with Gasteiger partial charge in [-0.1, -0.05) is 48.0 Å². The first-order valence-electron chi connectivity index (χ1n) is 7.80. The summed E-state index contributed by atoms with van der Waals surface area (Å²) in [4.78, 5) is 24.2. The zero-order valence-electron chi connectivity index (χ0n) is 14.1. The summed E-state index contributed by atoms with van der Waals surface area (Å²) in [6, 6.07) is 16.0. The minimum absolute atomic E-state index is 0.0813. The molecule has 2 N–H and O–H groups in total. The number of methoxy groups -OCH3 is 1. The molecule has 1 atom stereocenters. The molecule has 0 heterocycles. The molecule has 0 bridgehead atoms. The summed E-state index contributed by atoms with van der Waals surface area (Å²) in [7, 11) is 1.32. The highest BCUT2D eigenvalue weighted by molar-refractivity contribution is 7.80. The molecule has 0 aliphatic carbocycles. The molecular formula is C19H20N2O3S. The molecule has 0 spiro atoms. The molecule has 2 aromatic carbocycles. The number of amides is 1. The number of carbonyl (C=O) groups excluding carboxylic acids is 2. The molecule has 25 heavy (non-hydrogen) atoms. The van der Waals surface area contributed by atoms with Crippen molar-refractivity contribution in [3.05, 3.63) is 71.3 Å². The van der Waals surface area contributed by atoms with Crippen molar-refractivity contribution in [2.75, 3.05) is 7.11 Å². The summed E-state index contributed by atoms with van der Waals surface area (Å²) in [6.45, 7) is 1.90. The van der Waals surface area contributed by atoms with Crippen molar-refractivity contribution >= 4 is 29.2 Å². The molecule has 0 aromatic heterocycles. The van der Waals surface area contributed by atoms with Crippen molar-refractivity contribution in [2.24, 2.45) is 0 Å². The number of esters is 1. The Kier molecular flexibility index (Phi) is 6.65. The second kappa shape index (κ2) is 8.94. The monoisotopic (exact) mass is 356 g/mol. The average molecular weight is 356 g/mol. The number of thiocarbonyl (C=S) groups is 1. The molecule has 0 radical (unpaired) electrons. The lowest BCUT2D eigenvalue weighted by Gasteiger charge is -2.18. The van der Waals surface area contributed by atoms with E-state index in [0.29, 0.717) is 12.0 Å². The molecule has 0 saturated heterocycles. The second-order valence-corrected chi connectivity index (χ2v) is 5.97. The first-order valence-corrected chi connectivity index (χ1v) is 8.20. The molecule has 0 saturated carbocycles. The van der Waals surface area contributed by atoms with Gasteiger partial charge in [0.05, 0.1) is 7.11 Å². The SMILES string of the molecule is COC(=O)[C@H](Cc1ccccc1)NC(=S)NC(=O)c1cccc(C)c1. The van der Waals surface area contributed by atoms with Crippen LogP contribution in [-0.4, -0.2) is 30.1 Å². The number of carbonyl (C=O) groups is 2. The maximum absolute atomic E-state index is 12.2. The zero-order valence-corrected chi connectivity index (χ0v) is 14.9. The van der Waals surface area contributed by atoms with Gasteiger partial charge in [0.25, 0.3) is 5.91 Å². The number of aryl methyl sites for hydroxylation is 1. The molecule has 130 valence electrons. The van der Waals surface area contributed by atoms with Crippen LogP contribution in [0.4, 0.5) is 0 Å². The Morgan fingerprint density at radius 3 is 2.48 bits per heavy atom. The molecular weight excluding hydrogens is 336 g/mol. The fourth-order valence-electron chi connectivity index (χ4n) is 2.34. The van der Waals surface area contributed by atoms with Gasteiger partial charge in [-0.15, -0.1) is 0 Å². The van der Waals surface area contributed by atoms with Crippen molar-refractivity contribution in [1.82, 2.24) is 10.6 Å². The van der Waals surface area contributed by atoms with Crippen molar-refractivity contribution in [3.63, 3.8) is 0 Å². The molecule has 2 rings (SSSR count). The number of nitrogens with one attached hydrogen (secondary N) is 2. The van der Waals surface area contributed by atoms with Crippen molar-refractivity contribution in [2.45, 2.75) is 19.4 Å². The maximum atomic E-state index is 12.2. The van der Waals surface area contributed by atoms with Crippen LogP contribution in [0.3, 0.4) is 0 Å². The number of benzene rings is 2. The van der Waals surface area contributed by atoms with Gasteiger partial charge in [-0.25, -0.2) is 4.79 Å². The zero-order chi connectivity index (χ0) is 18.2. The summed E-state index contributed by atoms with van der Waals surface area (Å²) in [5.41, 5.74) is 2.43. The smallest absolute Gasteiger partial charge is 0.328 e. The Bertz CT molecular complexity index is 762. The number of rotatable bonds is 5. The van der Waals surface area contributed by atoms with E-state index in [2.05, 4.69) is 10.6 Å². The lowest BCUT2D eigenvalue weighted by Crippen LogP contribution is -2.49. The summed E-state index contributed by atoms with van der Waals surface area (Å²) in [5, 5.41) is 5.53. The fourth-order valence-corrected chi connectivity index (χ4v) is 2.58. The second-order valence-electron chi connectivity index (χ2n) is 5.56. The average Bonchev–Trinajstić information content (AvgIpc) is 2.61. The first-order chi connectivity index (χ1) is 12.0. The normalized spacial score (nSPS) is 11.3. The van der Waals surface area contributed by atoms with Crippen molar-refractivity contribution < 1.29 is 14.3 Å². The van der Waals surface area contributed by atoms with Crippen LogP contribution in [0.5, 0.6) is 0 Å². The predicted molar refractivity (Wildman–Crippen MR) is 100 cm³/mol. The quantitative estimate of drug-likeness (QED) is 0.636. The maximum Gasteiger partial charge on any atom is 0.328 e. The van der Waals surface area contributed by atoms with Crippen LogP contribution in [0.1, 0.15) is 21.5 Å². The largest absolute Gasteiger partial charge is 0.467 e. The van der Waals surface area contributed by atoms with E-state index in [9.17, 15) is 9.59 Å². The minimum atomic E-state index is -0.683. The van der Waals surface area contributed by atoms with Gasteiger partial charge in [-0.2, -0.15) is 0 Å². The van der Waals surface area contributed by atoms with E-state index >= 15 is 0 Å². The molecule has 1 amide bonds. The minimum Gasteiger partial charge on any atom is -0.467 e. The van der Waals surface area contributed by atoms with Crippen LogP contribution < -0.4 is 10.6 Å².